The van der Waals surface area contributed by atoms with Gasteiger partial charge in [0.1, 0.15) is 0 Å². The number of hydrogen-bond acceptors (Lipinski definition) is 5. The van der Waals surface area contributed by atoms with Crippen molar-refractivity contribution in [1.82, 2.24) is 0 Å². The summed E-state index contributed by atoms with van der Waals surface area (Å²) in [6, 6.07) is 16.4. The van der Waals surface area contributed by atoms with Crippen LogP contribution < -0.4 is 0 Å². The fourth-order valence-corrected chi connectivity index (χ4v) is 7.26. The first kappa shape index (κ1) is 35.7. The average Bonchev–Trinajstić information content (AvgIpc) is 3.08. The van der Waals surface area contributed by atoms with Crippen molar-refractivity contribution in [3.63, 3.8) is 0 Å². The Bertz CT molecular complexity index is 1300. The van der Waals surface area contributed by atoms with Gasteiger partial charge < -0.3 is 14.6 Å². The van der Waals surface area contributed by atoms with Crippen LogP contribution in [0.3, 0.4) is 0 Å². The van der Waals surface area contributed by atoms with Crippen molar-refractivity contribution in [2.24, 2.45) is 23.7 Å². The molecule has 5 nitrogen and oxygen atoms in total. The Morgan fingerprint density at radius 1 is 0.826 bits per heavy atom. The SMILES string of the molecule is C=C(C)C(=O)OCC(COC(=O)C(=C)CO)CC1CCC(CCc2ccc(-c3ccc4c(c3)CCC(CCCCC)C4)cc2)CC1. The summed E-state index contributed by atoms with van der Waals surface area (Å²) in [5.74, 6) is 0.956. The molecule has 2 aliphatic rings. The molecule has 5 heteroatoms. The molecule has 250 valence electrons. The Hall–Kier alpha value is -3.18. The molecule has 0 heterocycles. The van der Waals surface area contributed by atoms with E-state index in [9.17, 15) is 9.59 Å². The van der Waals surface area contributed by atoms with Crippen molar-refractivity contribution in [3.05, 3.63) is 83.5 Å². The minimum atomic E-state index is -0.607. The summed E-state index contributed by atoms with van der Waals surface area (Å²) in [4.78, 5) is 24.0. The molecular formula is C41H56O5. The van der Waals surface area contributed by atoms with Crippen LogP contribution in [0.4, 0.5) is 0 Å². The smallest absolute Gasteiger partial charge is 0.335 e. The zero-order valence-electron chi connectivity index (χ0n) is 28.4. The Morgan fingerprint density at radius 3 is 2.17 bits per heavy atom. The highest BCUT2D eigenvalue weighted by atomic mass is 16.5. The second kappa shape index (κ2) is 18.2. The second-order valence-electron chi connectivity index (χ2n) is 14.1. The second-order valence-corrected chi connectivity index (χ2v) is 14.1. The van der Waals surface area contributed by atoms with Crippen LogP contribution in [0.2, 0.25) is 0 Å². The summed E-state index contributed by atoms with van der Waals surface area (Å²) in [5, 5.41) is 9.16. The van der Waals surface area contributed by atoms with Gasteiger partial charge in [0.05, 0.1) is 25.4 Å². The average molecular weight is 629 g/mol. The summed E-state index contributed by atoms with van der Waals surface area (Å²) in [6.45, 7) is 11.0. The van der Waals surface area contributed by atoms with Gasteiger partial charge in [0.25, 0.3) is 0 Å². The van der Waals surface area contributed by atoms with Gasteiger partial charge in [0, 0.05) is 11.5 Å². The molecule has 0 spiro atoms. The largest absolute Gasteiger partial charge is 0.462 e. The van der Waals surface area contributed by atoms with E-state index in [1.165, 1.54) is 80.9 Å². The van der Waals surface area contributed by atoms with E-state index in [0.29, 0.717) is 17.4 Å². The number of benzene rings is 2. The van der Waals surface area contributed by atoms with Crippen LogP contribution >= 0.6 is 0 Å². The third kappa shape index (κ3) is 11.0. The molecule has 0 saturated heterocycles. The monoisotopic (exact) mass is 628 g/mol. The van der Waals surface area contributed by atoms with Crippen molar-refractivity contribution in [3.8, 4) is 11.1 Å². The van der Waals surface area contributed by atoms with E-state index in [-0.39, 0.29) is 24.7 Å². The van der Waals surface area contributed by atoms with Crippen molar-refractivity contribution >= 4 is 11.9 Å². The van der Waals surface area contributed by atoms with Crippen LogP contribution in [-0.2, 0) is 38.3 Å². The fraction of sp³-hybridized carbons (Fsp3) is 0.561. The highest BCUT2D eigenvalue weighted by Crippen LogP contribution is 2.36. The van der Waals surface area contributed by atoms with E-state index < -0.39 is 18.5 Å². The Labute approximate surface area is 277 Å². The van der Waals surface area contributed by atoms with E-state index in [4.69, 9.17) is 14.6 Å². The van der Waals surface area contributed by atoms with Crippen LogP contribution in [0, 0.1) is 23.7 Å². The molecule has 0 aliphatic heterocycles. The summed E-state index contributed by atoms with van der Waals surface area (Å²) < 4.78 is 10.8. The molecule has 0 aromatic heterocycles. The molecular weight excluding hydrogens is 572 g/mol. The molecule has 1 fully saturated rings. The van der Waals surface area contributed by atoms with Crippen LogP contribution in [-0.4, -0.2) is 36.9 Å². The third-order valence-electron chi connectivity index (χ3n) is 10.2. The van der Waals surface area contributed by atoms with Crippen LogP contribution in [0.25, 0.3) is 11.1 Å². The number of fused-ring (bicyclic) bond motifs is 1. The van der Waals surface area contributed by atoms with Crippen molar-refractivity contribution < 1.29 is 24.2 Å². The van der Waals surface area contributed by atoms with Gasteiger partial charge in [-0.1, -0.05) is 114 Å². The molecule has 0 radical (unpaired) electrons. The Morgan fingerprint density at radius 2 is 1.50 bits per heavy atom. The highest BCUT2D eigenvalue weighted by molar-refractivity contribution is 5.88. The molecule has 0 amide bonds. The van der Waals surface area contributed by atoms with Gasteiger partial charge >= 0.3 is 11.9 Å². The van der Waals surface area contributed by atoms with Crippen LogP contribution in [0.5, 0.6) is 0 Å². The lowest BCUT2D eigenvalue weighted by molar-refractivity contribution is -0.144. The first-order chi connectivity index (χ1) is 22.2. The van der Waals surface area contributed by atoms with E-state index in [1.807, 2.05) is 0 Å². The van der Waals surface area contributed by atoms with Gasteiger partial charge in [-0.25, -0.2) is 9.59 Å². The van der Waals surface area contributed by atoms with E-state index >= 15 is 0 Å². The molecule has 2 atom stereocenters. The highest BCUT2D eigenvalue weighted by Gasteiger charge is 2.26. The van der Waals surface area contributed by atoms with Crippen molar-refractivity contribution in [1.29, 1.82) is 0 Å². The summed E-state index contributed by atoms with van der Waals surface area (Å²) in [7, 11) is 0. The Kier molecular flexibility index (Phi) is 14.1. The first-order valence-electron chi connectivity index (χ1n) is 17.7. The maximum absolute atomic E-state index is 12.0. The molecule has 46 heavy (non-hydrogen) atoms. The van der Waals surface area contributed by atoms with Crippen LogP contribution in [0.1, 0.15) is 101 Å². The predicted molar refractivity (Wildman–Crippen MR) is 186 cm³/mol. The van der Waals surface area contributed by atoms with Crippen LogP contribution in [0.15, 0.2) is 66.8 Å². The van der Waals surface area contributed by atoms with Gasteiger partial charge in [-0.05, 0) is 91.0 Å². The predicted octanol–water partition coefficient (Wildman–Crippen LogP) is 9.00. The zero-order valence-corrected chi connectivity index (χ0v) is 28.4. The minimum Gasteiger partial charge on any atom is -0.462 e. The number of carbonyl (C=O) groups is 2. The molecule has 4 rings (SSSR count). The lowest BCUT2D eigenvalue weighted by Gasteiger charge is -2.31. The molecule has 2 aromatic carbocycles. The molecule has 1 N–H and O–H groups in total. The standard InChI is InChI=1S/C41H56O5/c1-5-6-7-8-33-17-20-39-25-38(22-21-37(39)24-33)36-18-15-32(16-19-36)10-9-31-11-13-34(14-12-31)23-35(27-45-40(43)29(2)3)28-46-41(44)30(4)26-42/h15-16,18-19,21-22,25,31,33-35,42H,2,4-14,17,20,23-24,26-28H2,1,3H3. The van der Waals surface area contributed by atoms with E-state index in [2.05, 4.69) is 62.5 Å². The molecule has 1 saturated carbocycles. The summed E-state index contributed by atoms with van der Waals surface area (Å²) in [6.07, 6.45) is 17.0. The first-order valence-corrected chi connectivity index (χ1v) is 17.7. The molecule has 2 aliphatic carbocycles. The number of hydrogen-bond donors (Lipinski definition) is 1. The van der Waals surface area contributed by atoms with Crippen molar-refractivity contribution in [2.45, 2.75) is 104 Å². The van der Waals surface area contributed by atoms with Crippen molar-refractivity contribution in [2.75, 3.05) is 19.8 Å². The normalized spacial score (nSPS) is 19.9. The topological polar surface area (TPSA) is 72.8 Å². The zero-order chi connectivity index (χ0) is 32.9. The number of carbonyl (C=O) groups excluding carboxylic acids is 2. The number of aliphatic hydroxyl groups is 1. The lowest BCUT2D eigenvalue weighted by atomic mass is 9.76. The maximum Gasteiger partial charge on any atom is 0.335 e. The van der Waals surface area contributed by atoms with Gasteiger partial charge in [0.15, 0.2) is 0 Å². The van der Waals surface area contributed by atoms with E-state index in [0.717, 1.165) is 31.6 Å². The quantitative estimate of drug-likeness (QED) is 0.108. The Balaban J connectivity index is 1.21. The molecule has 2 aromatic rings. The van der Waals surface area contributed by atoms with Gasteiger partial charge in [-0.2, -0.15) is 0 Å². The molecule has 0 bridgehead atoms. The lowest BCUT2D eigenvalue weighted by Crippen LogP contribution is -2.26. The summed E-state index contributed by atoms with van der Waals surface area (Å²) in [5.41, 5.74) is 7.56. The van der Waals surface area contributed by atoms with Gasteiger partial charge in [-0.15, -0.1) is 0 Å². The fourth-order valence-electron chi connectivity index (χ4n) is 7.26. The number of unbranched alkanes of at least 4 members (excludes halogenated alkanes) is 2. The van der Waals surface area contributed by atoms with E-state index in [1.54, 1.807) is 18.1 Å². The number of aliphatic hydroxyl groups excluding tert-OH is 1. The van der Waals surface area contributed by atoms with Gasteiger partial charge in [-0.3, -0.25) is 0 Å². The number of aryl methyl sites for hydroxylation is 2. The molecule has 2 unspecified atom stereocenters. The summed E-state index contributed by atoms with van der Waals surface area (Å²) >= 11 is 0. The minimum absolute atomic E-state index is 0.0255. The number of esters is 2. The third-order valence-corrected chi connectivity index (χ3v) is 10.2. The number of rotatable bonds is 17. The number of ether oxygens (including phenoxy) is 2. The van der Waals surface area contributed by atoms with Gasteiger partial charge in [0.2, 0.25) is 0 Å². The maximum atomic E-state index is 12.0.